The second kappa shape index (κ2) is 7.80. The number of methoxy groups -OCH3 is 1. The van der Waals surface area contributed by atoms with Gasteiger partial charge in [-0.05, 0) is 42.8 Å². The van der Waals surface area contributed by atoms with Crippen LogP contribution in [0.1, 0.15) is 24.0 Å². The molecule has 0 aliphatic carbocycles. The molecule has 0 bridgehead atoms. The normalized spacial score (nSPS) is 17.1. The predicted octanol–water partition coefficient (Wildman–Crippen LogP) is 1.99. The van der Waals surface area contributed by atoms with E-state index in [4.69, 9.17) is 9.47 Å². The maximum atomic E-state index is 12.7. The van der Waals surface area contributed by atoms with Crippen molar-refractivity contribution in [2.45, 2.75) is 32.4 Å². The van der Waals surface area contributed by atoms with E-state index in [0.717, 1.165) is 29.3 Å². The molecule has 134 valence electrons. The molecular weight excluding hydrogens is 320 g/mol. The minimum atomic E-state index is -0.404. The Morgan fingerprint density at radius 3 is 2.96 bits per heavy atom. The molecule has 1 fully saturated rings. The molecule has 0 spiro atoms. The van der Waals surface area contributed by atoms with Gasteiger partial charge in [-0.3, -0.25) is 9.59 Å². The van der Waals surface area contributed by atoms with Gasteiger partial charge in [0.15, 0.2) is 0 Å². The van der Waals surface area contributed by atoms with Gasteiger partial charge in [-0.15, -0.1) is 0 Å². The zero-order chi connectivity index (χ0) is 17.8. The topological polar surface area (TPSA) is 71.6 Å². The number of H-pyrrole nitrogens is 1. The minimum Gasteiger partial charge on any atom is -0.383 e. The van der Waals surface area contributed by atoms with Crippen molar-refractivity contribution in [3.8, 4) is 0 Å². The molecule has 1 aliphatic heterocycles. The van der Waals surface area contributed by atoms with E-state index >= 15 is 0 Å². The highest BCUT2D eigenvalue weighted by molar-refractivity contribution is 5.82. The lowest BCUT2D eigenvalue weighted by atomic mass is 10.1. The fourth-order valence-corrected chi connectivity index (χ4v) is 3.13. The van der Waals surface area contributed by atoms with Gasteiger partial charge in [0, 0.05) is 31.3 Å². The average Bonchev–Trinajstić information content (AvgIpc) is 3.13. The highest BCUT2D eigenvalue weighted by atomic mass is 16.5. The van der Waals surface area contributed by atoms with Crippen LogP contribution in [0.2, 0.25) is 0 Å². The number of nitrogens with one attached hydrogen (secondary N) is 1. The van der Waals surface area contributed by atoms with E-state index in [2.05, 4.69) is 4.98 Å². The number of ether oxygens (including phenoxy) is 2. The Labute approximate surface area is 146 Å². The second-order valence-corrected chi connectivity index (χ2v) is 6.47. The summed E-state index contributed by atoms with van der Waals surface area (Å²) in [6, 6.07) is 7.78. The molecule has 6 heteroatoms. The van der Waals surface area contributed by atoms with Gasteiger partial charge in [0.1, 0.15) is 6.10 Å². The first-order chi connectivity index (χ1) is 12.1. The Bertz CT molecular complexity index is 809. The number of nitrogens with zero attached hydrogens (tertiary/aromatic N) is 1. The van der Waals surface area contributed by atoms with Crippen molar-refractivity contribution in [2.24, 2.45) is 0 Å². The van der Waals surface area contributed by atoms with Gasteiger partial charge in [-0.1, -0.05) is 12.1 Å². The molecule has 2 aromatic rings. The number of aromatic amines is 1. The minimum absolute atomic E-state index is 0.0713. The smallest absolute Gasteiger partial charge is 0.253 e. The zero-order valence-corrected chi connectivity index (χ0v) is 14.7. The molecule has 2 heterocycles. The molecule has 25 heavy (non-hydrogen) atoms. The molecule has 1 N–H and O–H groups in total. The first-order valence-electron chi connectivity index (χ1n) is 8.60. The Morgan fingerprint density at radius 2 is 2.24 bits per heavy atom. The molecule has 0 saturated carbocycles. The molecule has 3 rings (SSSR count). The molecule has 1 aliphatic rings. The number of hydrogen-bond donors (Lipinski definition) is 1. The number of carbonyl (C=O) groups is 1. The van der Waals surface area contributed by atoms with Crippen molar-refractivity contribution in [3.05, 3.63) is 45.7 Å². The van der Waals surface area contributed by atoms with Crippen LogP contribution in [0.4, 0.5) is 0 Å². The summed E-state index contributed by atoms with van der Waals surface area (Å²) in [5.74, 6) is -0.0713. The van der Waals surface area contributed by atoms with Crippen molar-refractivity contribution < 1.29 is 14.3 Å². The van der Waals surface area contributed by atoms with Crippen LogP contribution in [-0.2, 0) is 20.8 Å². The number of aryl methyl sites for hydroxylation is 1. The lowest BCUT2D eigenvalue weighted by Crippen LogP contribution is -2.41. The summed E-state index contributed by atoms with van der Waals surface area (Å²) in [4.78, 5) is 29.7. The van der Waals surface area contributed by atoms with Crippen molar-refractivity contribution >= 4 is 16.8 Å². The monoisotopic (exact) mass is 344 g/mol. The van der Waals surface area contributed by atoms with E-state index < -0.39 is 6.10 Å². The maximum absolute atomic E-state index is 12.7. The fourth-order valence-electron chi connectivity index (χ4n) is 3.13. The number of fused-ring (bicyclic) bond motifs is 1. The van der Waals surface area contributed by atoms with Gasteiger partial charge < -0.3 is 19.4 Å². The van der Waals surface area contributed by atoms with E-state index in [1.54, 1.807) is 12.0 Å². The molecular formula is C19H24N2O4. The summed E-state index contributed by atoms with van der Waals surface area (Å²) in [7, 11) is 1.60. The highest BCUT2D eigenvalue weighted by Crippen LogP contribution is 2.17. The Hall–Kier alpha value is -2.18. The Balaban J connectivity index is 1.86. The van der Waals surface area contributed by atoms with Gasteiger partial charge in [-0.2, -0.15) is 0 Å². The van der Waals surface area contributed by atoms with Gasteiger partial charge in [0.25, 0.3) is 11.5 Å². The quantitative estimate of drug-likeness (QED) is 0.870. The van der Waals surface area contributed by atoms with Crippen LogP contribution in [-0.4, -0.2) is 48.8 Å². The number of aromatic nitrogens is 1. The van der Waals surface area contributed by atoms with Crippen LogP contribution in [0.25, 0.3) is 10.9 Å². The fraction of sp³-hybridized carbons (Fsp3) is 0.474. The van der Waals surface area contributed by atoms with Crippen molar-refractivity contribution in [2.75, 3.05) is 26.9 Å². The summed E-state index contributed by atoms with van der Waals surface area (Å²) < 4.78 is 10.6. The van der Waals surface area contributed by atoms with Gasteiger partial charge in [0.05, 0.1) is 13.2 Å². The van der Waals surface area contributed by atoms with Crippen molar-refractivity contribution in [3.63, 3.8) is 0 Å². The first kappa shape index (κ1) is 17.6. The van der Waals surface area contributed by atoms with Crippen LogP contribution < -0.4 is 5.56 Å². The third kappa shape index (κ3) is 4.08. The number of amides is 1. The Kier molecular flexibility index (Phi) is 5.50. The number of rotatable bonds is 6. The van der Waals surface area contributed by atoms with Crippen LogP contribution >= 0.6 is 0 Å². The lowest BCUT2D eigenvalue weighted by Gasteiger charge is -2.25. The lowest BCUT2D eigenvalue weighted by molar-refractivity contribution is -0.142. The second-order valence-electron chi connectivity index (χ2n) is 6.47. The van der Waals surface area contributed by atoms with Crippen molar-refractivity contribution in [1.29, 1.82) is 0 Å². The third-order valence-electron chi connectivity index (χ3n) is 4.52. The average molecular weight is 344 g/mol. The zero-order valence-electron chi connectivity index (χ0n) is 14.7. The molecule has 1 atom stereocenters. The number of benzene rings is 1. The first-order valence-corrected chi connectivity index (χ1v) is 8.60. The highest BCUT2D eigenvalue weighted by Gasteiger charge is 2.28. The van der Waals surface area contributed by atoms with Gasteiger partial charge in [-0.25, -0.2) is 0 Å². The molecule has 6 nitrogen and oxygen atoms in total. The molecule has 1 amide bonds. The van der Waals surface area contributed by atoms with E-state index in [9.17, 15) is 9.59 Å². The van der Waals surface area contributed by atoms with E-state index in [0.29, 0.717) is 25.3 Å². The van der Waals surface area contributed by atoms with E-state index in [1.807, 2.05) is 31.2 Å². The van der Waals surface area contributed by atoms with Gasteiger partial charge in [0.2, 0.25) is 0 Å². The summed E-state index contributed by atoms with van der Waals surface area (Å²) >= 11 is 0. The number of hydrogen-bond acceptors (Lipinski definition) is 4. The van der Waals surface area contributed by atoms with Crippen LogP contribution in [0.3, 0.4) is 0 Å². The van der Waals surface area contributed by atoms with E-state index in [1.165, 1.54) is 0 Å². The van der Waals surface area contributed by atoms with Crippen molar-refractivity contribution in [1.82, 2.24) is 9.88 Å². The van der Waals surface area contributed by atoms with Crippen LogP contribution in [0.5, 0.6) is 0 Å². The standard InChI is InChI=1S/C19H24N2O4/c1-13-5-6-14-11-15(18(22)20-16(14)10-13)12-21(7-9-24-2)19(23)17-4-3-8-25-17/h5-6,10-11,17H,3-4,7-9,12H2,1-2H3,(H,20,22)/t17-/m0/s1. The largest absolute Gasteiger partial charge is 0.383 e. The Morgan fingerprint density at radius 1 is 1.40 bits per heavy atom. The number of carbonyl (C=O) groups excluding carboxylic acids is 1. The number of pyridine rings is 1. The van der Waals surface area contributed by atoms with E-state index in [-0.39, 0.29) is 18.0 Å². The third-order valence-corrected chi connectivity index (χ3v) is 4.52. The molecule has 1 aromatic carbocycles. The summed E-state index contributed by atoms with van der Waals surface area (Å²) in [5, 5.41) is 0.955. The van der Waals surface area contributed by atoms with Crippen LogP contribution in [0.15, 0.2) is 29.1 Å². The molecule has 1 aromatic heterocycles. The van der Waals surface area contributed by atoms with Crippen LogP contribution in [0, 0.1) is 6.92 Å². The molecule has 0 radical (unpaired) electrons. The molecule has 0 unspecified atom stereocenters. The summed E-state index contributed by atoms with van der Waals surface area (Å²) in [6.45, 7) is 3.70. The maximum Gasteiger partial charge on any atom is 0.253 e. The van der Waals surface area contributed by atoms with Gasteiger partial charge >= 0.3 is 0 Å². The summed E-state index contributed by atoms with van der Waals surface area (Å²) in [6.07, 6.45) is 1.22. The predicted molar refractivity (Wildman–Crippen MR) is 95.6 cm³/mol. The summed E-state index contributed by atoms with van der Waals surface area (Å²) in [5.41, 5.74) is 2.30. The molecule has 1 saturated heterocycles. The SMILES string of the molecule is COCCN(Cc1cc2ccc(C)cc2[nH]c1=O)C(=O)[C@@H]1CCCO1.